The van der Waals surface area contributed by atoms with E-state index in [-0.39, 0.29) is 5.91 Å². The maximum absolute atomic E-state index is 13.0. The van der Waals surface area contributed by atoms with E-state index in [1.807, 2.05) is 0 Å². The van der Waals surface area contributed by atoms with Crippen LogP contribution >= 0.6 is 11.3 Å². The van der Waals surface area contributed by atoms with Gasteiger partial charge in [0.05, 0.1) is 5.56 Å². The summed E-state index contributed by atoms with van der Waals surface area (Å²) >= 11 is 1.25. The van der Waals surface area contributed by atoms with Crippen LogP contribution in [-0.2, 0) is 4.79 Å². The fraction of sp³-hybridized carbons (Fsp3) is 0. The van der Waals surface area contributed by atoms with Gasteiger partial charge in [0.1, 0.15) is 5.82 Å². The summed E-state index contributed by atoms with van der Waals surface area (Å²) in [5.41, 5.74) is 0.758. The maximum Gasteiger partial charge on any atom is 0.328 e. The minimum absolute atomic E-state index is 0.365. The lowest BCUT2D eigenvalue weighted by Gasteiger charge is -2.03. The average Bonchev–Trinajstić information content (AvgIpc) is 2.85. The summed E-state index contributed by atoms with van der Waals surface area (Å²) in [7, 11) is 0. The molecule has 1 aromatic carbocycles. The molecule has 0 spiro atoms. The second-order valence-electron chi connectivity index (χ2n) is 3.87. The Morgan fingerprint density at radius 3 is 2.80 bits per heavy atom. The second kappa shape index (κ2) is 6.12. The highest BCUT2D eigenvalue weighted by molar-refractivity contribution is 7.11. The number of rotatable bonds is 4. The number of benzene rings is 1. The number of carboxylic acids is 1. The minimum atomic E-state index is -1.05. The van der Waals surface area contributed by atoms with E-state index in [2.05, 4.69) is 5.32 Å². The molecule has 1 aromatic heterocycles. The summed E-state index contributed by atoms with van der Waals surface area (Å²) in [6.07, 6.45) is 2.41. The molecule has 0 fully saturated rings. The van der Waals surface area contributed by atoms with Crippen LogP contribution < -0.4 is 5.32 Å². The Labute approximate surface area is 118 Å². The molecule has 2 aromatic rings. The summed E-state index contributed by atoms with van der Waals surface area (Å²) in [6, 6.07) is 7.15. The van der Waals surface area contributed by atoms with E-state index in [4.69, 9.17) is 5.11 Å². The Morgan fingerprint density at radius 2 is 2.10 bits per heavy atom. The molecular weight excluding hydrogens is 281 g/mol. The van der Waals surface area contributed by atoms with Crippen LogP contribution in [0, 0.1) is 5.82 Å². The molecule has 2 N–H and O–H groups in total. The van der Waals surface area contributed by atoms with E-state index >= 15 is 0 Å². The molecule has 0 atom stereocenters. The number of amides is 1. The van der Waals surface area contributed by atoms with Crippen molar-refractivity contribution in [1.82, 2.24) is 0 Å². The fourth-order valence-corrected chi connectivity index (χ4v) is 2.26. The molecular formula is C14H10FNO3S. The first-order valence-electron chi connectivity index (χ1n) is 5.61. The Bertz CT molecular complexity index is 679. The molecule has 20 heavy (non-hydrogen) atoms. The lowest BCUT2D eigenvalue weighted by molar-refractivity contribution is -0.131. The van der Waals surface area contributed by atoms with Gasteiger partial charge in [-0.1, -0.05) is 6.07 Å². The van der Waals surface area contributed by atoms with Crippen molar-refractivity contribution in [1.29, 1.82) is 0 Å². The zero-order chi connectivity index (χ0) is 14.5. The van der Waals surface area contributed by atoms with Crippen molar-refractivity contribution in [3.63, 3.8) is 0 Å². The fourth-order valence-electron chi connectivity index (χ4n) is 1.48. The lowest BCUT2D eigenvalue weighted by Crippen LogP contribution is -2.10. The zero-order valence-electron chi connectivity index (χ0n) is 10.2. The van der Waals surface area contributed by atoms with Crippen LogP contribution in [0.15, 0.2) is 41.8 Å². The van der Waals surface area contributed by atoms with Crippen molar-refractivity contribution in [2.24, 2.45) is 0 Å². The number of carbonyl (C=O) groups is 2. The largest absolute Gasteiger partial charge is 0.478 e. The van der Waals surface area contributed by atoms with Crippen LogP contribution in [0.2, 0.25) is 0 Å². The summed E-state index contributed by atoms with van der Waals surface area (Å²) in [5.74, 6) is -1.86. The van der Waals surface area contributed by atoms with Crippen molar-refractivity contribution < 1.29 is 19.1 Å². The van der Waals surface area contributed by atoms with E-state index in [1.54, 1.807) is 17.5 Å². The molecule has 0 unspecified atom stereocenters. The average molecular weight is 291 g/mol. The smallest absolute Gasteiger partial charge is 0.328 e. The predicted octanol–water partition coefficient (Wildman–Crippen LogP) is 3.24. The first-order chi connectivity index (χ1) is 9.54. The molecule has 0 saturated heterocycles. The number of nitrogens with one attached hydrogen (secondary N) is 1. The normalized spacial score (nSPS) is 10.7. The van der Waals surface area contributed by atoms with E-state index in [1.165, 1.54) is 35.6 Å². The molecule has 2 rings (SSSR count). The van der Waals surface area contributed by atoms with E-state index < -0.39 is 11.8 Å². The van der Waals surface area contributed by atoms with Gasteiger partial charge in [-0.3, -0.25) is 4.79 Å². The minimum Gasteiger partial charge on any atom is -0.478 e. The van der Waals surface area contributed by atoms with Crippen molar-refractivity contribution >= 4 is 35.0 Å². The molecule has 0 saturated carbocycles. The van der Waals surface area contributed by atoms with Gasteiger partial charge in [-0.2, -0.15) is 0 Å². The highest BCUT2D eigenvalue weighted by atomic mass is 32.1. The number of hydrogen-bond donors (Lipinski definition) is 2. The topological polar surface area (TPSA) is 66.4 Å². The molecule has 0 aliphatic carbocycles. The van der Waals surface area contributed by atoms with Gasteiger partial charge < -0.3 is 10.4 Å². The SMILES string of the molecule is O=C(O)C=Cc1cc(C(=O)Nc2cccc(F)c2)cs1. The van der Waals surface area contributed by atoms with Gasteiger partial charge in [0.2, 0.25) is 0 Å². The van der Waals surface area contributed by atoms with Gasteiger partial charge in [0.25, 0.3) is 5.91 Å². The van der Waals surface area contributed by atoms with Crippen molar-refractivity contribution in [2.75, 3.05) is 5.32 Å². The van der Waals surface area contributed by atoms with Gasteiger partial charge in [-0.15, -0.1) is 11.3 Å². The van der Waals surface area contributed by atoms with E-state index in [9.17, 15) is 14.0 Å². The summed E-state index contributed by atoms with van der Waals surface area (Å²) in [6.45, 7) is 0. The number of thiophene rings is 1. The lowest BCUT2D eigenvalue weighted by atomic mass is 10.2. The summed E-state index contributed by atoms with van der Waals surface area (Å²) < 4.78 is 13.0. The number of aliphatic carboxylic acids is 1. The third kappa shape index (κ3) is 3.76. The maximum atomic E-state index is 13.0. The standard InChI is InChI=1S/C14H10FNO3S/c15-10-2-1-3-11(7-10)16-14(19)9-6-12(20-8-9)4-5-13(17)18/h1-8H,(H,16,19)(H,17,18). The van der Waals surface area contributed by atoms with Crippen LogP contribution in [0.25, 0.3) is 6.08 Å². The Hall–Kier alpha value is -2.47. The number of carbonyl (C=O) groups excluding carboxylic acids is 1. The Morgan fingerprint density at radius 1 is 1.30 bits per heavy atom. The monoisotopic (exact) mass is 291 g/mol. The van der Waals surface area contributed by atoms with Gasteiger partial charge in [-0.05, 0) is 30.3 Å². The van der Waals surface area contributed by atoms with E-state index in [0.29, 0.717) is 16.1 Å². The van der Waals surface area contributed by atoms with Crippen LogP contribution in [-0.4, -0.2) is 17.0 Å². The van der Waals surface area contributed by atoms with Crippen molar-refractivity contribution in [3.8, 4) is 0 Å². The van der Waals surface area contributed by atoms with Gasteiger partial charge >= 0.3 is 5.97 Å². The molecule has 1 amide bonds. The molecule has 6 heteroatoms. The second-order valence-corrected chi connectivity index (χ2v) is 4.82. The molecule has 0 radical (unpaired) electrons. The first kappa shape index (κ1) is 14.0. The van der Waals surface area contributed by atoms with Gasteiger partial charge in [-0.25, -0.2) is 9.18 Å². The molecule has 102 valence electrons. The molecule has 1 heterocycles. The molecule has 0 aliphatic rings. The quantitative estimate of drug-likeness (QED) is 0.850. The number of anilines is 1. The summed E-state index contributed by atoms with van der Waals surface area (Å²) in [4.78, 5) is 22.9. The van der Waals surface area contributed by atoms with Crippen LogP contribution in [0.4, 0.5) is 10.1 Å². The predicted molar refractivity (Wildman–Crippen MR) is 75.3 cm³/mol. The highest BCUT2D eigenvalue weighted by Gasteiger charge is 2.08. The Balaban J connectivity index is 2.08. The number of hydrogen-bond acceptors (Lipinski definition) is 3. The third-order valence-corrected chi connectivity index (χ3v) is 3.25. The van der Waals surface area contributed by atoms with E-state index in [0.717, 1.165) is 6.08 Å². The van der Waals surface area contributed by atoms with Gasteiger partial charge in [0, 0.05) is 22.0 Å². The number of carboxylic acid groups (broad SMARTS) is 1. The third-order valence-electron chi connectivity index (χ3n) is 2.35. The van der Waals surface area contributed by atoms with Gasteiger partial charge in [0.15, 0.2) is 0 Å². The molecule has 0 aliphatic heterocycles. The van der Waals surface area contributed by atoms with Crippen LogP contribution in [0.5, 0.6) is 0 Å². The highest BCUT2D eigenvalue weighted by Crippen LogP contribution is 2.18. The zero-order valence-corrected chi connectivity index (χ0v) is 11.0. The van der Waals surface area contributed by atoms with Crippen molar-refractivity contribution in [3.05, 3.63) is 58.0 Å². The van der Waals surface area contributed by atoms with Crippen LogP contribution in [0.1, 0.15) is 15.2 Å². The molecule has 0 bridgehead atoms. The number of halogens is 1. The molecule has 4 nitrogen and oxygen atoms in total. The first-order valence-corrected chi connectivity index (χ1v) is 6.49. The summed E-state index contributed by atoms with van der Waals surface area (Å²) in [5, 5.41) is 12.7. The Kier molecular flexibility index (Phi) is 4.27. The van der Waals surface area contributed by atoms with Crippen LogP contribution in [0.3, 0.4) is 0 Å². The van der Waals surface area contributed by atoms with Crippen molar-refractivity contribution in [2.45, 2.75) is 0 Å².